The number of aliphatic hydroxyl groups is 4. The maximum atomic E-state index is 11.1. The molecule has 6 N–H and O–H groups in total. The van der Waals surface area contributed by atoms with Crippen LogP contribution < -0.4 is 10.6 Å². The van der Waals surface area contributed by atoms with Gasteiger partial charge in [0.25, 0.3) is 0 Å². The molecule has 1 heterocycles. The number of amides is 2. The molecule has 2 amide bonds. The van der Waals surface area contributed by atoms with E-state index in [1.54, 1.807) is 0 Å². The minimum atomic E-state index is -2.40. The lowest BCUT2D eigenvalue weighted by Crippen LogP contribution is -2.76. The molecule has 0 spiro atoms. The van der Waals surface area contributed by atoms with Gasteiger partial charge >= 0.3 is 0 Å². The molecule has 0 aromatic rings. The number of ether oxygens (including phenoxy) is 1. The molecule has 110 valence electrons. The van der Waals surface area contributed by atoms with E-state index in [2.05, 4.69) is 5.32 Å². The first-order valence-corrected chi connectivity index (χ1v) is 5.63. The Hall–Kier alpha value is -1.26. The molecule has 0 radical (unpaired) electrons. The first-order valence-electron chi connectivity index (χ1n) is 5.63. The molecule has 1 saturated heterocycles. The van der Waals surface area contributed by atoms with Crippen molar-refractivity contribution in [2.45, 2.75) is 44.1 Å². The predicted molar refractivity (Wildman–Crippen MR) is 60.3 cm³/mol. The fourth-order valence-corrected chi connectivity index (χ4v) is 1.88. The molecule has 0 saturated carbocycles. The third-order valence-electron chi connectivity index (χ3n) is 2.76. The average Bonchev–Trinajstić information content (AvgIpc) is 2.29. The largest absolute Gasteiger partial charge is 0.394 e. The van der Waals surface area contributed by atoms with Crippen molar-refractivity contribution in [3.05, 3.63) is 0 Å². The van der Waals surface area contributed by atoms with E-state index < -0.39 is 48.7 Å². The third-order valence-corrected chi connectivity index (χ3v) is 2.76. The number of carbonyl (C=O) groups excluding carboxylic acids is 2. The zero-order valence-corrected chi connectivity index (χ0v) is 10.5. The van der Waals surface area contributed by atoms with E-state index in [4.69, 9.17) is 9.84 Å². The van der Waals surface area contributed by atoms with Gasteiger partial charge in [-0.3, -0.25) is 9.59 Å². The molecule has 9 heteroatoms. The van der Waals surface area contributed by atoms with Gasteiger partial charge in [-0.05, 0) is 0 Å². The zero-order valence-electron chi connectivity index (χ0n) is 10.5. The van der Waals surface area contributed by atoms with Crippen molar-refractivity contribution in [2.24, 2.45) is 0 Å². The molecule has 1 aliphatic rings. The molecule has 1 rings (SSSR count). The van der Waals surface area contributed by atoms with Crippen LogP contribution in [-0.2, 0) is 14.3 Å². The lowest BCUT2D eigenvalue weighted by molar-refractivity contribution is -0.288. The Labute approximate surface area is 109 Å². The standard InChI is InChI=1S/C10H18N2O7/c1-4(14)11-9-10(18,12-5(2)15)8(17)7(16)6(3-13)19-9/h6-9,13,16-18H,3H2,1-2H3,(H,11,14)(H,12,15)/t6-,7-,8+,9-,10-/m1/s1. The molecule has 0 unspecified atom stereocenters. The van der Waals surface area contributed by atoms with Crippen LogP contribution >= 0.6 is 0 Å². The van der Waals surface area contributed by atoms with Crippen LogP contribution in [0.15, 0.2) is 0 Å². The quantitative estimate of drug-likeness (QED) is 0.292. The van der Waals surface area contributed by atoms with Gasteiger partial charge in [-0.15, -0.1) is 0 Å². The number of carbonyl (C=O) groups is 2. The van der Waals surface area contributed by atoms with Gasteiger partial charge in [0.1, 0.15) is 18.3 Å². The van der Waals surface area contributed by atoms with Gasteiger partial charge in [0.2, 0.25) is 17.5 Å². The van der Waals surface area contributed by atoms with Gasteiger partial charge in [-0.2, -0.15) is 0 Å². The van der Waals surface area contributed by atoms with Gasteiger partial charge in [-0.1, -0.05) is 0 Å². The summed E-state index contributed by atoms with van der Waals surface area (Å²) >= 11 is 0. The number of hydrogen-bond donors (Lipinski definition) is 6. The van der Waals surface area contributed by atoms with E-state index in [0.717, 1.165) is 13.8 Å². The fourth-order valence-electron chi connectivity index (χ4n) is 1.88. The maximum absolute atomic E-state index is 11.1. The fraction of sp³-hybridized carbons (Fsp3) is 0.800. The van der Waals surface area contributed by atoms with Gasteiger partial charge in [0, 0.05) is 13.8 Å². The summed E-state index contributed by atoms with van der Waals surface area (Å²) in [6.45, 7) is 1.59. The van der Waals surface area contributed by atoms with Gasteiger partial charge in [0.05, 0.1) is 6.61 Å². The highest BCUT2D eigenvalue weighted by Crippen LogP contribution is 2.27. The highest BCUT2D eigenvalue weighted by molar-refractivity contribution is 5.75. The molecule has 5 atom stereocenters. The molecule has 0 aromatic heterocycles. The van der Waals surface area contributed by atoms with Crippen molar-refractivity contribution in [1.29, 1.82) is 0 Å². The summed E-state index contributed by atoms with van der Waals surface area (Å²) in [6.07, 6.45) is -6.20. The minimum absolute atomic E-state index is 0.589. The number of rotatable bonds is 3. The van der Waals surface area contributed by atoms with Gasteiger partial charge in [-0.25, -0.2) is 0 Å². The van der Waals surface area contributed by atoms with Crippen LogP contribution in [0, 0.1) is 0 Å². The van der Waals surface area contributed by atoms with E-state index in [1.165, 1.54) is 0 Å². The molecule has 1 aliphatic heterocycles. The van der Waals surface area contributed by atoms with E-state index in [-0.39, 0.29) is 0 Å². The molecule has 1 fully saturated rings. The summed E-state index contributed by atoms with van der Waals surface area (Å²) in [4.78, 5) is 22.1. The topological polar surface area (TPSA) is 148 Å². The molecular weight excluding hydrogens is 260 g/mol. The van der Waals surface area contributed by atoms with Crippen LogP contribution in [0.3, 0.4) is 0 Å². The van der Waals surface area contributed by atoms with Crippen molar-refractivity contribution in [2.75, 3.05) is 6.61 Å². The van der Waals surface area contributed by atoms with Crippen molar-refractivity contribution in [3.8, 4) is 0 Å². The van der Waals surface area contributed by atoms with Crippen molar-refractivity contribution >= 4 is 11.8 Å². The molecule has 19 heavy (non-hydrogen) atoms. The van der Waals surface area contributed by atoms with Crippen LogP contribution in [0.2, 0.25) is 0 Å². The Morgan fingerprint density at radius 2 is 1.84 bits per heavy atom. The summed E-state index contributed by atoms with van der Waals surface area (Å²) < 4.78 is 5.09. The van der Waals surface area contributed by atoms with Crippen LogP contribution in [-0.4, -0.2) is 69.1 Å². The second kappa shape index (κ2) is 5.80. The number of hydrogen-bond acceptors (Lipinski definition) is 7. The molecule has 0 bridgehead atoms. The summed E-state index contributed by atoms with van der Waals surface area (Å²) in [5.74, 6) is -1.29. The number of aliphatic hydroxyl groups excluding tert-OH is 3. The Balaban J connectivity index is 3.05. The summed E-state index contributed by atoms with van der Waals surface area (Å²) in [6, 6.07) is 0. The van der Waals surface area contributed by atoms with Gasteiger partial charge < -0.3 is 35.8 Å². The van der Waals surface area contributed by atoms with E-state index in [1.807, 2.05) is 5.32 Å². The maximum Gasteiger partial charge on any atom is 0.219 e. The Morgan fingerprint density at radius 3 is 2.26 bits per heavy atom. The molecular formula is C10H18N2O7. The predicted octanol–water partition coefficient (Wildman–Crippen LogP) is -3.61. The third kappa shape index (κ3) is 3.19. The molecule has 9 nitrogen and oxygen atoms in total. The molecule has 0 aromatic carbocycles. The Bertz CT molecular complexity index is 364. The first-order chi connectivity index (χ1) is 8.72. The van der Waals surface area contributed by atoms with Crippen LogP contribution in [0.1, 0.15) is 13.8 Å². The van der Waals surface area contributed by atoms with E-state index in [0.29, 0.717) is 0 Å². The highest BCUT2D eigenvalue weighted by Gasteiger charge is 2.55. The molecule has 0 aliphatic carbocycles. The van der Waals surface area contributed by atoms with Crippen molar-refractivity contribution < 1.29 is 34.8 Å². The monoisotopic (exact) mass is 278 g/mol. The minimum Gasteiger partial charge on any atom is -0.394 e. The van der Waals surface area contributed by atoms with Crippen molar-refractivity contribution in [1.82, 2.24) is 10.6 Å². The Morgan fingerprint density at radius 1 is 1.26 bits per heavy atom. The van der Waals surface area contributed by atoms with Crippen LogP contribution in [0.25, 0.3) is 0 Å². The average molecular weight is 278 g/mol. The van der Waals surface area contributed by atoms with E-state index >= 15 is 0 Å². The zero-order chi connectivity index (χ0) is 14.8. The lowest BCUT2D eigenvalue weighted by atomic mass is 9.92. The SMILES string of the molecule is CC(=O)N[C@@H]1O[C@H](CO)[C@@H](O)[C@H](O)[C@]1(O)NC(C)=O. The summed E-state index contributed by atoms with van der Waals surface area (Å²) in [5.41, 5.74) is -2.40. The van der Waals surface area contributed by atoms with Crippen LogP contribution in [0.4, 0.5) is 0 Å². The first kappa shape index (κ1) is 15.8. The lowest BCUT2D eigenvalue weighted by Gasteiger charge is -2.47. The van der Waals surface area contributed by atoms with Crippen molar-refractivity contribution in [3.63, 3.8) is 0 Å². The van der Waals surface area contributed by atoms with Crippen LogP contribution in [0.5, 0.6) is 0 Å². The summed E-state index contributed by atoms with van der Waals surface area (Å²) in [7, 11) is 0. The normalized spacial score (nSPS) is 38.6. The Kier molecular flexibility index (Phi) is 4.82. The number of nitrogens with one attached hydrogen (secondary N) is 2. The smallest absolute Gasteiger partial charge is 0.219 e. The van der Waals surface area contributed by atoms with Gasteiger partial charge in [0.15, 0.2) is 6.23 Å². The second-order valence-electron chi connectivity index (χ2n) is 4.38. The second-order valence-corrected chi connectivity index (χ2v) is 4.38. The highest BCUT2D eigenvalue weighted by atomic mass is 16.6. The van der Waals surface area contributed by atoms with E-state index in [9.17, 15) is 24.9 Å². The summed E-state index contributed by atoms with van der Waals surface area (Å²) in [5, 5.41) is 43.0.